The molecule has 0 aliphatic carbocycles. The lowest BCUT2D eigenvalue weighted by Crippen LogP contribution is -2.34. The Bertz CT molecular complexity index is 881. The number of ether oxygens (including phenoxy) is 1. The Morgan fingerprint density at radius 2 is 1.43 bits per heavy atom. The maximum absolute atomic E-state index is 13.2. The third-order valence-electron chi connectivity index (χ3n) is 4.56. The molecule has 0 radical (unpaired) electrons. The minimum absolute atomic E-state index is 0.0132. The predicted molar refractivity (Wildman–Crippen MR) is 113 cm³/mol. The van der Waals surface area contributed by atoms with E-state index in [1.807, 2.05) is 79.7 Å². The number of benzene rings is 3. The number of para-hydroxylation sites is 2. The van der Waals surface area contributed by atoms with Crippen LogP contribution in [0.5, 0.6) is 5.75 Å². The lowest BCUT2D eigenvalue weighted by Gasteiger charge is -2.24. The molecule has 0 aromatic heterocycles. The summed E-state index contributed by atoms with van der Waals surface area (Å²) in [5.41, 5.74) is 2.71. The fourth-order valence-corrected chi connectivity index (χ4v) is 3.11. The number of hydrogen-bond acceptors (Lipinski definition) is 3. The second-order valence-electron chi connectivity index (χ2n) is 6.56. The van der Waals surface area contributed by atoms with Gasteiger partial charge < -0.3 is 10.1 Å². The van der Waals surface area contributed by atoms with Crippen LogP contribution in [0.3, 0.4) is 0 Å². The van der Waals surface area contributed by atoms with E-state index in [4.69, 9.17) is 4.74 Å². The maximum atomic E-state index is 13.2. The van der Waals surface area contributed by atoms with Crippen molar-refractivity contribution in [1.29, 1.82) is 0 Å². The summed E-state index contributed by atoms with van der Waals surface area (Å²) in [7, 11) is 0. The molecule has 3 aromatic carbocycles. The lowest BCUT2D eigenvalue weighted by atomic mass is 10.0. The largest absolute Gasteiger partial charge is 0.492 e. The zero-order valence-electron chi connectivity index (χ0n) is 16.3. The van der Waals surface area contributed by atoms with Crippen molar-refractivity contribution in [1.82, 2.24) is 5.32 Å². The van der Waals surface area contributed by atoms with Crippen LogP contribution < -0.4 is 15.4 Å². The Kier molecular flexibility index (Phi) is 6.82. The van der Waals surface area contributed by atoms with E-state index in [2.05, 4.69) is 29.7 Å². The molecule has 0 bridgehead atoms. The van der Waals surface area contributed by atoms with Crippen molar-refractivity contribution in [3.05, 3.63) is 96.1 Å². The van der Waals surface area contributed by atoms with E-state index in [0.29, 0.717) is 18.0 Å². The van der Waals surface area contributed by atoms with Crippen LogP contribution in [-0.4, -0.2) is 12.5 Å². The zero-order valence-corrected chi connectivity index (χ0v) is 16.3. The van der Waals surface area contributed by atoms with Crippen LogP contribution in [0.2, 0.25) is 0 Å². The normalized spacial score (nSPS) is 12.8. The molecule has 0 aliphatic heterocycles. The highest BCUT2D eigenvalue weighted by atomic mass is 16.5. The maximum Gasteiger partial charge on any atom is 0.246 e. The van der Waals surface area contributed by atoms with Crippen molar-refractivity contribution in [2.75, 3.05) is 11.9 Å². The van der Waals surface area contributed by atoms with Gasteiger partial charge in [0.25, 0.3) is 0 Å². The van der Waals surface area contributed by atoms with Gasteiger partial charge in [-0.1, -0.05) is 72.8 Å². The number of rotatable bonds is 8. The van der Waals surface area contributed by atoms with E-state index in [9.17, 15) is 4.79 Å². The molecule has 0 saturated heterocycles. The van der Waals surface area contributed by atoms with Gasteiger partial charge in [0.05, 0.1) is 12.3 Å². The summed E-state index contributed by atoms with van der Waals surface area (Å²) >= 11 is 0. The lowest BCUT2D eigenvalue weighted by molar-refractivity contribution is -0.118. The molecule has 2 atom stereocenters. The number of anilines is 1. The minimum atomic E-state index is -0.494. The fourth-order valence-electron chi connectivity index (χ4n) is 3.11. The van der Waals surface area contributed by atoms with Gasteiger partial charge in [0.15, 0.2) is 0 Å². The van der Waals surface area contributed by atoms with Crippen molar-refractivity contribution in [3.63, 3.8) is 0 Å². The van der Waals surface area contributed by atoms with E-state index in [0.717, 1.165) is 11.1 Å². The average molecular weight is 374 g/mol. The molecular weight excluding hydrogens is 348 g/mol. The van der Waals surface area contributed by atoms with E-state index < -0.39 is 6.04 Å². The Morgan fingerprint density at radius 1 is 0.857 bits per heavy atom. The van der Waals surface area contributed by atoms with Crippen molar-refractivity contribution in [2.24, 2.45) is 0 Å². The highest BCUT2D eigenvalue weighted by molar-refractivity contribution is 5.96. The number of carbonyl (C=O) groups excluding carboxylic acids is 1. The fraction of sp³-hybridized carbons (Fsp3) is 0.208. The van der Waals surface area contributed by atoms with Crippen LogP contribution in [-0.2, 0) is 4.79 Å². The van der Waals surface area contributed by atoms with Gasteiger partial charge in [-0.15, -0.1) is 0 Å². The first-order valence-electron chi connectivity index (χ1n) is 9.57. The molecule has 28 heavy (non-hydrogen) atoms. The summed E-state index contributed by atoms with van der Waals surface area (Å²) in [6.07, 6.45) is 0. The van der Waals surface area contributed by atoms with Gasteiger partial charge in [0.2, 0.25) is 5.91 Å². The van der Waals surface area contributed by atoms with E-state index in [1.54, 1.807) is 0 Å². The van der Waals surface area contributed by atoms with Gasteiger partial charge in [-0.25, -0.2) is 0 Å². The van der Waals surface area contributed by atoms with E-state index in [1.165, 1.54) is 0 Å². The summed E-state index contributed by atoms with van der Waals surface area (Å²) in [4.78, 5) is 13.2. The van der Waals surface area contributed by atoms with Crippen molar-refractivity contribution < 1.29 is 9.53 Å². The Balaban J connectivity index is 1.84. The van der Waals surface area contributed by atoms with Crippen LogP contribution >= 0.6 is 0 Å². The molecule has 2 N–H and O–H groups in total. The summed E-state index contributed by atoms with van der Waals surface area (Å²) in [5.74, 6) is 0.544. The number of amides is 1. The smallest absolute Gasteiger partial charge is 0.246 e. The van der Waals surface area contributed by atoms with Gasteiger partial charge in [-0.3, -0.25) is 10.1 Å². The Labute approximate surface area is 166 Å². The number of nitrogens with one attached hydrogen (secondary N) is 2. The molecule has 0 saturated carbocycles. The third kappa shape index (κ3) is 4.99. The molecular formula is C24H26N2O2. The molecule has 144 valence electrons. The van der Waals surface area contributed by atoms with Gasteiger partial charge in [-0.2, -0.15) is 0 Å². The first-order valence-corrected chi connectivity index (χ1v) is 9.57. The second kappa shape index (κ2) is 9.72. The highest BCUT2D eigenvalue weighted by Gasteiger charge is 2.23. The number of carbonyl (C=O) groups is 1. The van der Waals surface area contributed by atoms with Gasteiger partial charge >= 0.3 is 0 Å². The van der Waals surface area contributed by atoms with E-state index in [-0.39, 0.29) is 11.9 Å². The van der Waals surface area contributed by atoms with Gasteiger partial charge in [0.1, 0.15) is 11.8 Å². The number of hydrogen-bond donors (Lipinski definition) is 2. The second-order valence-corrected chi connectivity index (χ2v) is 6.56. The molecule has 0 spiro atoms. The molecule has 4 nitrogen and oxygen atoms in total. The van der Waals surface area contributed by atoms with Crippen molar-refractivity contribution in [3.8, 4) is 5.75 Å². The third-order valence-corrected chi connectivity index (χ3v) is 4.56. The van der Waals surface area contributed by atoms with Crippen LogP contribution in [0, 0.1) is 0 Å². The Morgan fingerprint density at radius 3 is 2.07 bits per heavy atom. The molecule has 0 heterocycles. The zero-order chi connectivity index (χ0) is 19.8. The standard InChI is InChI=1S/C24H26N2O2/c1-3-28-22-17-11-10-16-21(22)26-24(27)23(20-14-8-5-9-15-20)25-18(2)19-12-6-4-7-13-19/h4-18,23,25H,3H2,1-2H3,(H,26,27)/t18-,23+/m0/s1. The molecule has 0 fully saturated rings. The summed E-state index contributed by atoms with van der Waals surface area (Å²) in [5, 5.41) is 6.49. The molecule has 3 aromatic rings. The Hall–Kier alpha value is -3.11. The topological polar surface area (TPSA) is 50.4 Å². The first kappa shape index (κ1) is 19.6. The molecule has 3 rings (SSSR count). The quantitative estimate of drug-likeness (QED) is 0.576. The monoisotopic (exact) mass is 374 g/mol. The molecule has 1 amide bonds. The van der Waals surface area contributed by atoms with Gasteiger partial charge in [0, 0.05) is 6.04 Å². The van der Waals surface area contributed by atoms with Crippen molar-refractivity contribution in [2.45, 2.75) is 25.9 Å². The summed E-state index contributed by atoms with van der Waals surface area (Å²) < 4.78 is 5.64. The van der Waals surface area contributed by atoms with Crippen LogP contribution in [0.15, 0.2) is 84.9 Å². The minimum Gasteiger partial charge on any atom is -0.492 e. The van der Waals surface area contributed by atoms with Crippen molar-refractivity contribution >= 4 is 11.6 Å². The van der Waals surface area contributed by atoms with Crippen LogP contribution in [0.4, 0.5) is 5.69 Å². The predicted octanol–water partition coefficient (Wildman–Crippen LogP) is 5.12. The van der Waals surface area contributed by atoms with Gasteiger partial charge in [-0.05, 0) is 37.1 Å². The highest BCUT2D eigenvalue weighted by Crippen LogP contribution is 2.26. The molecule has 0 unspecified atom stereocenters. The summed E-state index contributed by atoms with van der Waals surface area (Å²) in [6.45, 7) is 4.53. The average Bonchev–Trinajstić information content (AvgIpc) is 2.74. The van der Waals surface area contributed by atoms with E-state index >= 15 is 0 Å². The summed E-state index contributed by atoms with van der Waals surface area (Å²) in [6, 6.07) is 26.9. The van der Waals surface area contributed by atoms with Crippen LogP contribution in [0.25, 0.3) is 0 Å². The molecule has 0 aliphatic rings. The first-order chi connectivity index (χ1) is 13.7. The molecule has 4 heteroatoms. The van der Waals surface area contributed by atoms with Crippen LogP contribution in [0.1, 0.15) is 37.1 Å². The SMILES string of the molecule is CCOc1ccccc1NC(=O)[C@H](N[C@@H](C)c1ccccc1)c1ccccc1.